The third-order valence-corrected chi connectivity index (χ3v) is 7.09. The molecule has 2 unspecified atom stereocenters. The van der Waals surface area contributed by atoms with Crippen molar-refractivity contribution < 1.29 is 9.18 Å². The van der Waals surface area contributed by atoms with Crippen molar-refractivity contribution in [3.8, 4) is 0 Å². The monoisotopic (exact) mass is 487 g/mol. The van der Waals surface area contributed by atoms with Crippen LogP contribution in [0.15, 0.2) is 30.7 Å². The quantitative estimate of drug-likeness (QED) is 0.572. The van der Waals surface area contributed by atoms with Crippen LogP contribution in [0.4, 0.5) is 16.2 Å². The molecular formula is C27H30FN7O. The minimum Gasteiger partial charge on any atom is -0.342 e. The van der Waals surface area contributed by atoms with E-state index in [-0.39, 0.29) is 0 Å². The SMILES string of the molecule is C=c1nc(C)[nH]/c1=C/C(=C\C)c1cc(N(C)c2ncc(CN3C4CCC3CC(=O)C4)cn2)ncc1F. The number of piperidine rings is 1. The first-order valence-electron chi connectivity index (χ1n) is 12.2. The van der Waals surface area contributed by atoms with Gasteiger partial charge in [0.1, 0.15) is 23.2 Å². The number of imidazole rings is 1. The van der Waals surface area contributed by atoms with Gasteiger partial charge in [-0.3, -0.25) is 14.6 Å². The van der Waals surface area contributed by atoms with Gasteiger partial charge in [0.2, 0.25) is 5.95 Å². The molecule has 2 fully saturated rings. The van der Waals surface area contributed by atoms with Gasteiger partial charge >= 0.3 is 0 Å². The molecule has 0 aliphatic carbocycles. The van der Waals surface area contributed by atoms with Gasteiger partial charge in [0, 0.05) is 62.0 Å². The zero-order valence-corrected chi connectivity index (χ0v) is 20.8. The molecule has 2 aliphatic heterocycles. The topological polar surface area (TPSA) is 90.9 Å². The Balaban J connectivity index is 1.36. The number of Topliss-reactive ketones (excluding diaryl/α,β-unsaturated/α-hetero) is 1. The normalized spacial score (nSPS) is 20.8. The second-order valence-corrected chi connectivity index (χ2v) is 9.55. The van der Waals surface area contributed by atoms with E-state index in [9.17, 15) is 9.18 Å². The largest absolute Gasteiger partial charge is 0.342 e. The number of hydrogen-bond acceptors (Lipinski definition) is 7. The molecule has 2 aliphatic rings. The smallest absolute Gasteiger partial charge is 0.230 e. The number of fused-ring (bicyclic) bond motifs is 2. The molecule has 2 atom stereocenters. The van der Waals surface area contributed by atoms with Crippen molar-refractivity contribution in [3.05, 3.63) is 64.2 Å². The van der Waals surface area contributed by atoms with Crippen molar-refractivity contribution in [2.75, 3.05) is 11.9 Å². The molecule has 8 nitrogen and oxygen atoms in total. The summed E-state index contributed by atoms with van der Waals surface area (Å²) >= 11 is 0. The molecule has 9 heteroatoms. The van der Waals surface area contributed by atoms with Crippen molar-refractivity contribution in [3.63, 3.8) is 0 Å². The Hall–Kier alpha value is -3.72. The number of carbonyl (C=O) groups is 1. The van der Waals surface area contributed by atoms with E-state index < -0.39 is 5.82 Å². The molecule has 0 aromatic carbocycles. The fourth-order valence-corrected chi connectivity index (χ4v) is 5.22. The molecule has 36 heavy (non-hydrogen) atoms. The molecule has 0 spiro atoms. The lowest BCUT2D eigenvalue weighted by atomic mass is 10.0. The van der Waals surface area contributed by atoms with Gasteiger partial charge in [0.15, 0.2) is 0 Å². The highest BCUT2D eigenvalue weighted by Crippen LogP contribution is 2.35. The van der Waals surface area contributed by atoms with Crippen LogP contribution in [0, 0.1) is 12.7 Å². The number of anilines is 2. The maximum absolute atomic E-state index is 14.8. The molecule has 186 valence electrons. The number of ketones is 1. The van der Waals surface area contributed by atoms with Crippen LogP contribution in [-0.2, 0) is 11.3 Å². The lowest BCUT2D eigenvalue weighted by molar-refractivity contribution is -0.123. The van der Waals surface area contributed by atoms with E-state index in [1.165, 1.54) is 6.20 Å². The van der Waals surface area contributed by atoms with Crippen LogP contribution in [0.5, 0.6) is 0 Å². The summed E-state index contributed by atoms with van der Waals surface area (Å²) in [7, 11) is 1.81. The lowest BCUT2D eigenvalue weighted by Crippen LogP contribution is -2.42. The van der Waals surface area contributed by atoms with Gasteiger partial charge in [-0.25, -0.2) is 24.3 Å². The molecule has 1 N–H and O–H groups in total. The van der Waals surface area contributed by atoms with E-state index in [1.54, 1.807) is 18.0 Å². The molecule has 0 amide bonds. The van der Waals surface area contributed by atoms with E-state index in [4.69, 9.17) is 0 Å². The molecule has 0 saturated carbocycles. The Bertz CT molecular complexity index is 1410. The Morgan fingerprint density at radius 3 is 2.53 bits per heavy atom. The first-order chi connectivity index (χ1) is 17.3. The molecule has 2 bridgehead atoms. The Kier molecular flexibility index (Phi) is 6.49. The summed E-state index contributed by atoms with van der Waals surface area (Å²) in [4.78, 5) is 36.8. The molecule has 2 saturated heterocycles. The summed E-state index contributed by atoms with van der Waals surface area (Å²) in [6.45, 7) is 8.39. The zero-order valence-electron chi connectivity index (χ0n) is 20.8. The van der Waals surface area contributed by atoms with Gasteiger partial charge in [-0.05, 0) is 44.4 Å². The van der Waals surface area contributed by atoms with E-state index in [0.29, 0.717) is 59.0 Å². The number of H-pyrrole nitrogens is 1. The third kappa shape index (κ3) is 4.70. The predicted molar refractivity (Wildman–Crippen MR) is 137 cm³/mol. The van der Waals surface area contributed by atoms with Gasteiger partial charge in [0.25, 0.3) is 0 Å². The second kappa shape index (κ2) is 9.73. The average Bonchev–Trinajstić information content (AvgIpc) is 3.30. The van der Waals surface area contributed by atoms with Crippen molar-refractivity contribution in [1.29, 1.82) is 0 Å². The van der Waals surface area contributed by atoms with Crippen LogP contribution < -0.4 is 15.6 Å². The van der Waals surface area contributed by atoms with Gasteiger partial charge < -0.3 is 4.98 Å². The first kappa shape index (κ1) is 24.0. The number of aromatic amines is 1. The van der Waals surface area contributed by atoms with Crippen molar-refractivity contribution in [2.24, 2.45) is 0 Å². The van der Waals surface area contributed by atoms with Gasteiger partial charge in [-0.2, -0.15) is 0 Å². The van der Waals surface area contributed by atoms with Gasteiger partial charge in [-0.1, -0.05) is 12.7 Å². The summed E-state index contributed by atoms with van der Waals surface area (Å²) < 4.78 is 14.8. The number of hydrogen-bond donors (Lipinski definition) is 1. The Labute approximate surface area is 209 Å². The summed E-state index contributed by atoms with van der Waals surface area (Å²) in [5, 5.41) is 1.34. The van der Waals surface area contributed by atoms with Crippen molar-refractivity contribution >= 4 is 35.8 Å². The number of carbonyl (C=O) groups excluding carboxylic acids is 1. The lowest BCUT2D eigenvalue weighted by Gasteiger charge is -2.33. The summed E-state index contributed by atoms with van der Waals surface area (Å²) in [5.41, 5.74) is 2.10. The number of aryl methyl sites for hydroxylation is 1. The summed E-state index contributed by atoms with van der Waals surface area (Å²) in [6.07, 6.45) is 12.0. The summed E-state index contributed by atoms with van der Waals surface area (Å²) in [5.74, 6) is 1.69. The average molecular weight is 488 g/mol. The van der Waals surface area contributed by atoms with Crippen LogP contribution in [-0.4, -0.2) is 54.7 Å². The predicted octanol–water partition coefficient (Wildman–Crippen LogP) is 2.80. The van der Waals surface area contributed by atoms with Crippen LogP contribution in [0.3, 0.4) is 0 Å². The highest BCUT2D eigenvalue weighted by molar-refractivity contribution is 5.88. The maximum Gasteiger partial charge on any atom is 0.230 e. The molecular weight excluding hydrogens is 457 g/mol. The highest BCUT2D eigenvalue weighted by Gasteiger charge is 2.39. The highest BCUT2D eigenvalue weighted by atomic mass is 19.1. The fraction of sp³-hybridized carbons (Fsp3) is 0.370. The number of pyridine rings is 1. The minimum absolute atomic E-state index is 0.336. The second-order valence-electron chi connectivity index (χ2n) is 9.55. The molecule has 3 aromatic rings. The fourth-order valence-electron chi connectivity index (χ4n) is 5.22. The van der Waals surface area contributed by atoms with Crippen LogP contribution in [0.25, 0.3) is 18.2 Å². The number of nitrogens with one attached hydrogen (secondary N) is 1. The van der Waals surface area contributed by atoms with E-state index in [2.05, 4.69) is 36.4 Å². The van der Waals surface area contributed by atoms with E-state index in [0.717, 1.165) is 36.1 Å². The molecule has 3 aromatic heterocycles. The van der Waals surface area contributed by atoms with Gasteiger partial charge in [-0.15, -0.1) is 0 Å². The third-order valence-electron chi connectivity index (χ3n) is 7.09. The molecule has 5 rings (SSSR count). The maximum atomic E-state index is 14.8. The minimum atomic E-state index is -0.427. The standard InChI is InChI=1S/C27H30FN7O/c1-5-19(8-25-16(2)32-17(3)33-25)23-11-26(29-14-24(23)28)34(4)27-30-12-18(13-31-27)15-35-20-6-7-21(35)10-22(36)9-20/h5,8,11-14,20-21H,2,6-7,9-10,15H2,1,3-4H3,(H,32,33)/b19-5+,25-8+. The number of allylic oxidation sites excluding steroid dienone is 2. The van der Waals surface area contributed by atoms with Crippen molar-refractivity contribution in [2.45, 2.75) is 58.2 Å². The van der Waals surface area contributed by atoms with Crippen LogP contribution in [0.1, 0.15) is 49.6 Å². The Morgan fingerprint density at radius 2 is 1.92 bits per heavy atom. The summed E-state index contributed by atoms with van der Waals surface area (Å²) in [6, 6.07) is 2.36. The Morgan fingerprint density at radius 1 is 1.22 bits per heavy atom. The van der Waals surface area contributed by atoms with Crippen LogP contribution >= 0.6 is 0 Å². The van der Waals surface area contributed by atoms with Gasteiger partial charge in [0.05, 0.1) is 16.9 Å². The molecule has 0 radical (unpaired) electrons. The van der Waals surface area contributed by atoms with E-state index in [1.807, 2.05) is 38.4 Å². The van der Waals surface area contributed by atoms with E-state index >= 15 is 0 Å². The van der Waals surface area contributed by atoms with Crippen molar-refractivity contribution in [1.82, 2.24) is 29.8 Å². The number of aromatic nitrogens is 5. The number of nitrogens with zero attached hydrogens (tertiary/aromatic N) is 6. The zero-order chi connectivity index (χ0) is 25.4. The van der Waals surface area contributed by atoms with Crippen LogP contribution in [0.2, 0.25) is 0 Å². The number of rotatable bonds is 6. The molecule has 5 heterocycles. The number of halogens is 1. The first-order valence-corrected chi connectivity index (χ1v) is 12.2.